The highest BCUT2D eigenvalue weighted by molar-refractivity contribution is 6.17. The van der Waals surface area contributed by atoms with Crippen LogP contribution in [0.3, 0.4) is 0 Å². The summed E-state index contributed by atoms with van der Waals surface area (Å²) in [5, 5.41) is 7.55. The normalized spacial score (nSPS) is 11.8. The van der Waals surface area contributed by atoms with E-state index in [0.29, 0.717) is 10.5 Å². The summed E-state index contributed by atoms with van der Waals surface area (Å²) in [6.45, 7) is 10.2. The Balaban J connectivity index is 3.19. The zero-order valence-corrected chi connectivity index (χ0v) is 15.0. The molecule has 0 aromatic carbocycles. The summed E-state index contributed by atoms with van der Waals surface area (Å²) in [6, 6.07) is 1.48. The standard InChI is InChI=1S/C15H22ClN3O4/c1-14(2,3)22-12(20)19(13(21)23-15(4,5)6)11-7-10(8-16)9-17-18-11/h7,9H,8H2,1-6H3. The van der Waals surface area contributed by atoms with Crippen molar-refractivity contribution < 1.29 is 19.1 Å². The van der Waals surface area contributed by atoms with Crippen LogP contribution in [0.4, 0.5) is 15.4 Å². The minimum atomic E-state index is -0.896. The number of anilines is 1. The molecule has 1 rings (SSSR count). The summed E-state index contributed by atoms with van der Waals surface area (Å²) in [5.41, 5.74) is -0.960. The molecule has 0 spiro atoms. The second-order valence-electron chi connectivity index (χ2n) is 6.85. The summed E-state index contributed by atoms with van der Waals surface area (Å²) < 4.78 is 10.5. The first-order valence-corrected chi connectivity index (χ1v) is 7.60. The van der Waals surface area contributed by atoms with Gasteiger partial charge in [-0.05, 0) is 53.2 Å². The average Bonchev–Trinajstić information content (AvgIpc) is 2.34. The number of hydrogen-bond donors (Lipinski definition) is 0. The van der Waals surface area contributed by atoms with E-state index in [0.717, 1.165) is 0 Å². The van der Waals surface area contributed by atoms with Gasteiger partial charge < -0.3 is 9.47 Å². The van der Waals surface area contributed by atoms with Crippen LogP contribution in [0, 0.1) is 0 Å². The Morgan fingerprint density at radius 2 is 1.57 bits per heavy atom. The lowest BCUT2D eigenvalue weighted by Gasteiger charge is -2.27. The molecule has 8 heteroatoms. The maximum absolute atomic E-state index is 12.4. The molecule has 0 aliphatic carbocycles. The zero-order valence-electron chi connectivity index (χ0n) is 14.2. The molecule has 0 aliphatic rings. The molecule has 0 aliphatic heterocycles. The van der Waals surface area contributed by atoms with Gasteiger partial charge in [0.2, 0.25) is 0 Å². The Bertz CT molecular complexity index is 551. The second kappa shape index (κ2) is 7.12. The van der Waals surface area contributed by atoms with Crippen LogP contribution in [0.2, 0.25) is 0 Å². The van der Waals surface area contributed by atoms with Crippen LogP contribution in [0.5, 0.6) is 0 Å². The third kappa shape index (κ3) is 6.40. The minimum Gasteiger partial charge on any atom is -0.443 e. The molecule has 1 aromatic heterocycles. The van der Waals surface area contributed by atoms with Gasteiger partial charge in [-0.25, -0.2) is 9.59 Å². The monoisotopic (exact) mass is 343 g/mol. The quantitative estimate of drug-likeness (QED) is 0.757. The van der Waals surface area contributed by atoms with Crippen LogP contribution in [0.1, 0.15) is 47.1 Å². The Morgan fingerprint density at radius 3 is 1.96 bits per heavy atom. The van der Waals surface area contributed by atoms with Gasteiger partial charge in [-0.2, -0.15) is 10.00 Å². The van der Waals surface area contributed by atoms with E-state index in [1.165, 1.54) is 12.3 Å². The molecule has 128 valence electrons. The van der Waals surface area contributed by atoms with Crippen molar-refractivity contribution in [3.05, 3.63) is 17.8 Å². The van der Waals surface area contributed by atoms with E-state index in [1.54, 1.807) is 41.5 Å². The maximum atomic E-state index is 12.4. The van der Waals surface area contributed by atoms with Crippen molar-refractivity contribution in [2.75, 3.05) is 4.90 Å². The first kappa shape index (κ1) is 19.2. The van der Waals surface area contributed by atoms with Crippen molar-refractivity contribution in [3.8, 4) is 0 Å². The Morgan fingerprint density at radius 1 is 1.09 bits per heavy atom. The van der Waals surface area contributed by atoms with Gasteiger partial charge in [-0.3, -0.25) is 0 Å². The topological polar surface area (TPSA) is 81.6 Å². The van der Waals surface area contributed by atoms with Crippen LogP contribution in [-0.2, 0) is 15.4 Å². The van der Waals surface area contributed by atoms with Gasteiger partial charge in [-0.15, -0.1) is 16.7 Å². The number of aromatic nitrogens is 2. The number of alkyl halides is 1. The fourth-order valence-corrected chi connectivity index (χ4v) is 1.60. The lowest BCUT2D eigenvalue weighted by molar-refractivity contribution is 0.0428. The number of nitrogens with zero attached hydrogens (tertiary/aromatic N) is 3. The average molecular weight is 344 g/mol. The molecule has 23 heavy (non-hydrogen) atoms. The van der Waals surface area contributed by atoms with E-state index in [4.69, 9.17) is 21.1 Å². The van der Waals surface area contributed by atoms with Crippen LogP contribution in [-0.4, -0.2) is 33.6 Å². The third-order valence-corrected chi connectivity index (χ3v) is 2.54. The number of amides is 2. The van der Waals surface area contributed by atoms with Gasteiger partial charge in [0.15, 0.2) is 5.82 Å². The smallest absolute Gasteiger partial charge is 0.425 e. The highest BCUT2D eigenvalue weighted by Gasteiger charge is 2.33. The van der Waals surface area contributed by atoms with Crippen LogP contribution >= 0.6 is 11.6 Å². The number of rotatable bonds is 2. The molecule has 0 N–H and O–H groups in total. The van der Waals surface area contributed by atoms with Gasteiger partial charge in [0.05, 0.1) is 6.20 Å². The van der Waals surface area contributed by atoms with E-state index in [1.807, 2.05) is 0 Å². The van der Waals surface area contributed by atoms with Gasteiger partial charge >= 0.3 is 12.2 Å². The summed E-state index contributed by atoms with van der Waals surface area (Å²) in [7, 11) is 0. The van der Waals surface area contributed by atoms with Crippen molar-refractivity contribution >= 4 is 29.6 Å². The molecule has 0 unspecified atom stereocenters. The molecule has 0 fully saturated rings. The number of ether oxygens (including phenoxy) is 2. The molecular formula is C15H22ClN3O4. The molecule has 0 bridgehead atoms. The van der Waals surface area contributed by atoms with E-state index < -0.39 is 23.4 Å². The molecule has 0 atom stereocenters. The first-order valence-electron chi connectivity index (χ1n) is 7.06. The zero-order chi connectivity index (χ0) is 17.8. The molecule has 0 saturated heterocycles. The first-order chi connectivity index (χ1) is 10.4. The van der Waals surface area contributed by atoms with Crippen LogP contribution < -0.4 is 4.90 Å². The third-order valence-electron chi connectivity index (χ3n) is 2.23. The molecule has 0 saturated carbocycles. The molecule has 1 aromatic rings. The van der Waals surface area contributed by atoms with E-state index >= 15 is 0 Å². The Labute approximate surface area is 140 Å². The van der Waals surface area contributed by atoms with Crippen molar-refractivity contribution in [2.24, 2.45) is 0 Å². The van der Waals surface area contributed by atoms with Crippen molar-refractivity contribution in [2.45, 2.75) is 58.6 Å². The lowest BCUT2D eigenvalue weighted by atomic mass is 10.2. The molecule has 7 nitrogen and oxygen atoms in total. The molecule has 0 radical (unpaired) electrons. The lowest BCUT2D eigenvalue weighted by Crippen LogP contribution is -2.44. The molecule has 2 amide bonds. The number of hydrogen-bond acceptors (Lipinski definition) is 6. The highest BCUT2D eigenvalue weighted by Crippen LogP contribution is 2.20. The van der Waals surface area contributed by atoms with Crippen molar-refractivity contribution in [1.82, 2.24) is 10.2 Å². The van der Waals surface area contributed by atoms with E-state index in [2.05, 4.69) is 10.2 Å². The number of imide groups is 1. The molecule has 1 heterocycles. The predicted molar refractivity (Wildman–Crippen MR) is 86.5 cm³/mol. The number of carbonyl (C=O) groups is 2. The highest BCUT2D eigenvalue weighted by atomic mass is 35.5. The second-order valence-corrected chi connectivity index (χ2v) is 7.12. The van der Waals surface area contributed by atoms with Gasteiger partial charge in [0.25, 0.3) is 0 Å². The van der Waals surface area contributed by atoms with Crippen LogP contribution in [0.25, 0.3) is 0 Å². The SMILES string of the molecule is CC(C)(C)OC(=O)N(C(=O)OC(C)(C)C)c1cc(CCl)cnn1. The maximum Gasteiger partial charge on any atom is 0.425 e. The number of carbonyl (C=O) groups excluding carboxylic acids is 2. The van der Waals surface area contributed by atoms with Gasteiger partial charge in [-0.1, -0.05) is 0 Å². The number of halogens is 1. The van der Waals surface area contributed by atoms with Crippen molar-refractivity contribution in [1.29, 1.82) is 0 Å². The van der Waals surface area contributed by atoms with Gasteiger partial charge in [0, 0.05) is 5.88 Å². The fourth-order valence-electron chi connectivity index (χ4n) is 1.45. The van der Waals surface area contributed by atoms with Crippen molar-refractivity contribution in [3.63, 3.8) is 0 Å². The van der Waals surface area contributed by atoms with Gasteiger partial charge in [0.1, 0.15) is 11.2 Å². The minimum absolute atomic E-state index is 0.00773. The summed E-state index contributed by atoms with van der Waals surface area (Å²) >= 11 is 5.76. The Kier molecular flexibility index (Phi) is 5.93. The summed E-state index contributed by atoms with van der Waals surface area (Å²) in [4.78, 5) is 25.5. The van der Waals surface area contributed by atoms with E-state index in [9.17, 15) is 9.59 Å². The predicted octanol–water partition coefficient (Wildman–Crippen LogP) is 3.89. The fraction of sp³-hybridized carbons (Fsp3) is 0.600. The largest absolute Gasteiger partial charge is 0.443 e. The van der Waals surface area contributed by atoms with Crippen LogP contribution in [0.15, 0.2) is 12.3 Å². The van der Waals surface area contributed by atoms with E-state index in [-0.39, 0.29) is 11.7 Å². The Hall–Kier alpha value is -1.89. The summed E-state index contributed by atoms with van der Waals surface area (Å²) in [5.74, 6) is 0.158. The molecular weight excluding hydrogens is 322 g/mol. The summed E-state index contributed by atoms with van der Waals surface area (Å²) in [6.07, 6.45) is -0.348.